The normalized spacial score (nSPS) is 26.3. The van der Waals surface area contributed by atoms with Crippen molar-refractivity contribution in [3.63, 3.8) is 0 Å². The number of cyclic esters (lactones) is 1. The number of ether oxygens (including phenoxy) is 1. The number of hydrogen-bond donors (Lipinski definition) is 6. The number of phenols is 1. The minimum atomic E-state index is -1.57. The smallest absolute Gasteiger partial charge is 0.339 e. The van der Waals surface area contributed by atoms with Gasteiger partial charge in [0.2, 0.25) is 41.4 Å². The molecule has 17 nitrogen and oxygen atoms in total. The molecule has 1 saturated heterocycles. The Morgan fingerprint density at radius 2 is 1.59 bits per heavy atom. The number of esters is 1. The summed E-state index contributed by atoms with van der Waals surface area (Å²) in [5.74, 6) is -6.52. The number of carbonyl (C=O) groups excluding carboxylic acids is 8. The summed E-state index contributed by atoms with van der Waals surface area (Å²) in [4.78, 5) is 112. The number of alkyl halides is 1. The number of amides is 7. The van der Waals surface area contributed by atoms with Gasteiger partial charge in [0, 0.05) is 25.6 Å². The molecular formula is C40H58IN7O10. The molecule has 4 unspecified atom stereocenters. The van der Waals surface area contributed by atoms with Crippen LogP contribution in [0.25, 0.3) is 0 Å². The average Bonchev–Trinajstić information content (AvgIpc) is 3.18. The highest BCUT2D eigenvalue weighted by atomic mass is 127. The van der Waals surface area contributed by atoms with Crippen LogP contribution < -0.4 is 26.6 Å². The molecule has 1 aromatic carbocycles. The van der Waals surface area contributed by atoms with Crippen LogP contribution in [0.3, 0.4) is 0 Å². The first kappa shape index (κ1) is 47.6. The molecule has 2 bridgehead atoms. The van der Waals surface area contributed by atoms with Crippen LogP contribution in [0.15, 0.2) is 36.5 Å². The van der Waals surface area contributed by atoms with E-state index in [2.05, 4.69) is 26.6 Å². The molecule has 0 aliphatic carbocycles. The summed E-state index contributed by atoms with van der Waals surface area (Å²) >= 11 is 1.64. The second-order valence-corrected chi connectivity index (χ2v) is 16.6. The monoisotopic (exact) mass is 923 g/mol. The third-order valence-corrected chi connectivity index (χ3v) is 11.2. The first-order valence-electron chi connectivity index (χ1n) is 19.6. The van der Waals surface area contributed by atoms with Gasteiger partial charge in [0.25, 0.3) is 0 Å². The SMILES string of the molecule is CCC(C)C(=O)NCC(=O)N[C@H]1C(=O)N[C@@H](CC(C)C)C(=O)N[C@H]2CC=CN(C2=O)[C@@H](C(C)CC)C(=O)N(C)C(Cc2ccc(O)cc2)C(=O)NC(I)C(=O)O[C@@H]1C. The lowest BCUT2D eigenvalue weighted by atomic mass is 9.93. The first-order valence-corrected chi connectivity index (χ1v) is 20.9. The van der Waals surface area contributed by atoms with Gasteiger partial charge in [-0.05, 0) is 78.3 Å². The quantitative estimate of drug-likeness (QED) is 0.0809. The summed E-state index contributed by atoms with van der Waals surface area (Å²) in [6, 6.07) is -0.171. The number of phenolic OH excluding ortho intramolecular Hbond substituents is 1. The Bertz CT molecular complexity index is 1710. The van der Waals surface area contributed by atoms with Crippen LogP contribution in [-0.4, -0.2) is 116 Å². The van der Waals surface area contributed by atoms with E-state index in [1.807, 2.05) is 27.7 Å². The molecule has 3 rings (SSSR count). The van der Waals surface area contributed by atoms with Gasteiger partial charge in [0.05, 0.1) is 6.54 Å². The molecule has 18 heteroatoms. The van der Waals surface area contributed by atoms with Crippen molar-refractivity contribution in [3.8, 4) is 5.75 Å². The second kappa shape index (κ2) is 21.9. The lowest BCUT2D eigenvalue weighted by Crippen LogP contribution is -2.62. The molecule has 0 saturated carbocycles. The standard InChI is InChI=1S/C40H58IN7O10/c1-9-22(5)32-39(56)47(8)29(19-25-13-15-26(49)16-14-25)36(53)46-33(41)40(57)58-24(7)31(45-30(50)20-42-34(51)23(6)10-2)37(54)44-28(18-21(3)4)35(52)43-27-12-11-17-48(32)38(27)55/h11,13-17,21-24,27-29,31-33,49H,9-10,12,18-20H2,1-8H3,(H,42,51)(H,43,52)(H,44,54)(H,45,50)(H,46,53)/t22?,23?,24-,27+,28+,29?,31-,32+,33?/m1/s1. The molecule has 320 valence electrons. The summed E-state index contributed by atoms with van der Waals surface area (Å²) in [6.07, 6.45) is 2.96. The minimum absolute atomic E-state index is 0.00856. The van der Waals surface area contributed by atoms with E-state index < -0.39 is 94.2 Å². The summed E-state index contributed by atoms with van der Waals surface area (Å²) in [5.41, 5.74) is 0.579. The van der Waals surface area contributed by atoms with E-state index in [0.29, 0.717) is 18.4 Å². The first-order chi connectivity index (χ1) is 27.3. The molecule has 0 aromatic heterocycles. The molecule has 6 N–H and O–H groups in total. The Balaban J connectivity index is 2.11. The van der Waals surface area contributed by atoms with E-state index in [9.17, 15) is 43.5 Å². The van der Waals surface area contributed by atoms with Crippen LogP contribution in [0.2, 0.25) is 0 Å². The van der Waals surface area contributed by atoms with Crippen molar-refractivity contribution in [3.05, 3.63) is 42.1 Å². The van der Waals surface area contributed by atoms with Gasteiger partial charge in [-0.2, -0.15) is 0 Å². The topological polar surface area (TPSA) is 233 Å². The number of rotatable bonds is 11. The van der Waals surface area contributed by atoms with E-state index in [4.69, 9.17) is 4.74 Å². The zero-order chi connectivity index (χ0) is 43.4. The van der Waals surface area contributed by atoms with Crippen LogP contribution in [0.5, 0.6) is 5.75 Å². The Morgan fingerprint density at radius 1 is 0.931 bits per heavy atom. The van der Waals surface area contributed by atoms with Crippen molar-refractivity contribution in [1.82, 2.24) is 36.4 Å². The number of carbonyl (C=O) groups is 8. The van der Waals surface area contributed by atoms with Gasteiger partial charge in [-0.1, -0.05) is 66.2 Å². The highest BCUT2D eigenvalue weighted by molar-refractivity contribution is 14.1. The fourth-order valence-corrected chi connectivity index (χ4v) is 6.93. The van der Waals surface area contributed by atoms with Crippen LogP contribution >= 0.6 is 22.6 Å². The maximum Gasteiger partial charge on any atom is 0.339 e. The van der Waals surface area contributed by atoms with E-state index in [0.717, 1.165) is 0 Å². The molecule has 1 fully saturated rings. The predicted molar refractivity (Wildman–Crippen MR) is 221 cm³/mol. The van der Waals surface area contributed by atoms with E-state index >= 15 is 0 Å². The highest BCUT2D eigenvalue weighted by Gasteiger charge is 2.43. The van der Waals surface area contributed by atoms with E-state index in [1.165, 1.54) is 42.1 Å². The molecule has 58 heavy (non-hydrogen) atoms. The van der Waals surface area contributed by atoms with Crippen LogP contribution in [0.4, 0.5) is 0 Å². The molecular weight excluding hydrogens is 865 g/mol. The number of nitrogens with one attached hydrogen (secondary N) is 5. The van der Waals surface area contributed by atoms with E-state index in [-0.39, 0.29) is 42.8 Å². The van der Waals surface area contributed by atoms with Gasteiger partial charge in [-0.3, -0.25) is 33.6 Å². The zero-order valence-corrected chi connectivity index (χ0v) is 36.5. The summed E-state index contributed by atoms with van der Waals surface area (Å²) in [7, 11) is 1.43. The Labute approximate surface area is 353 Å². The molecule has 9 atom stereocenters. The maximum absolute atomic E-state index is 14.5. The molecule has 7 amide bonds. The molecule has 0 radical (unpaired) electrons. The van der Waals surface area contributed by atoms with Crippen molar-refractivity contribution in [2.75, 3.05) is 13.6 Å². The summed E-state index contributed by atoms with van der Waals surface area (Å²) in [5, 5.41) is 22.9. The summed E-state index contributed by atoms with van der Waals surface area (Å²) in [6.45, 7) is 11.7. The van der Waals surface area contributed by atoms with Crippen molar-refractivity contribution >= 4 is 69.9 Å². The van der Waals surface area contributed by atoms with Crippen molar-refractivity contribution < 1.29 is 48.2 Å². The Kier molecular flexibility index (Phi) is 17.9. The number of likely N-dealkylation sites (N-methyl/N-ethyl adjacent to an activating group) is 1. The second-order valence-electron chi connectivity index (χ2n) is 15.4. The molecule has 1 aromatic rings. The minimum Gasteiger partial charge on any atom is -0.508 e. The molecule has 2 aliphatic rings. The number of fused-ring (bicyclic) bond motifs is 2. The summed E-state index contributed by atoms with van der Waals surface area (Å²) < 4.78 is 4.29. The van der Waals surface area contributed by atoms with Crippen molar-refractivity contribution in [2.45, 2.75) is 121 Å². The number of hydrogen-bond acceptors (Lipinski definition) is 10. The maximum atomic E-state index is 14.5. The van der Waals surface area contributed by atoms with Crippen molar-refractivity contribution in [2.24, 2.45) is 17.8 Å². The third-order valence-electron chi connectivity index (χ3n) is 10.4. The zero-order valence-electron chi connectivity index (χ0n) is 34.4. The Morgan fingerprint density at radius 3 is 2.19 bits per heavy atom. The number of aromatic hydroxyl groups is 1. The largest absolute Gasteiger partial charge is 0.508 e. The number of benzene rings is 1. The van der Waals surface area contributed by atoms with E-state index in [1.54, 1.807) is 54.6 Å². The van der Waals surface area contributed by atoms with Gasteiger partial charge in [0.1, 0.15) is 42.1 Å². The van der Waals surface area contributed by atoms with Gasteiger partial charge in [-0.15, -0.1) is 0 Å². The average molecular weight is 924 g/mol. The van der Waals surface area contributed by atoms with Gasteiger partial charge in [0.15, 0.2) is 4.05 Å². The number of nitrogens with zero attached hydrogens (tertiary/aromatic N) is 2. The number of halogens is 1. The van der Waals surface area contributed by atoms with Gasteiger partial charge >= 0.3 is 5.97 Å². The molecule has 2 heterocycles. The van der Waals surface area contributed by atoms with Crippen LogP contribution in [0.1, 0.15) is 79.7 Å². The third kappa shape index (κ3) is 12.9. The fourth-order valence-electron chi connectivity index (χ4n) is 6.47. The molecule has 2 aliphatic heterocycles. The lowest BCUT2D eigenvalue weighted by Gasteiger charge is -2.40. The van der Waals surface area contributed by atoms with Crippen molar-refractivity contribution in [1.29, 1.82) is 0 Å². The van der Waals surface area contributed by atoms with Gasteiger partial charge in [-0.25, -0.2) is 4.79 Å². The van der Waals surface area contributed by atoms with Gasteiger partial charge < -0.3 is 46.2 Å². The predicted octanol–water partition coefficient (Wildman–Crippen LogP) is 1.41. The van der Waals surface area contributed by atoms with Crippen LogP contribution in [-0.2, 0) is 49.5 Å². The molecule has 0 spiro atoms. The van der Waals surface area contributed by atoms with Crippen LogP contribution in [0, 0.1) is 17.8 Å². The highest BCUT2D eigenvalue weighted by Crippen LogP contribution is 2.25. The Hall–Kier alpha value is -4.75. The fraction of sp³-hybridized carbons (Fsp3) is 0.600. The lowest BCUT2D eigenvalue weighted by molar-refractivity contribution is -0.153.